The van der Waals surface area contributed by atoms with E-state index in [4.69, 9.17) is 9.47 Å². The topological polar surface area (TPSA) is 97.5 Å². The normalized spacial score (nSPS) is 12.2. The highest BCUT2D eigenvalue weighted by Gasteiger charge is 2.23. The van der Waals surface area contributed by atoms with Gasteiger partial charge in [0.05, 0.1) is 20.0 Å². The maximum Gasteiger partial charge on any atom is 0.256 e. The molecular weight excluding hydrogens is 476 g/mol. The number of aromatic amines is 1. The minimum Gasteiger partial charge on any atom is -0.496 e. The van der Waals surface area contributed by atoms with Gasteiger partial charge in [0.1, 0.15) is 5.75 Å². The molecule has 2 N–H and O–H groups in total. The molecule has 0 atom stereocenters. The number of H-pyrrole nitrogens is 1. The SMILES string of the molecule is COCc1cc(NS(C)(=O)=O)ccc1C=Cc1cc(-c2ccc(C)[nH]c2=O)cc(C(C)(C)C)c1OC. The number of rotatable bonds is 8. The van der Waals surface area contributed by atoms with Crippen molar-refractivity contribution in [3.8, 4) is 16.9 Å². The van der Waals surface area contributed by atoms with Gasteiger partial charge >= 0.3 is 0 Å². The van der Waals surface area contributed by atoms with Gasteiger partial charge in [-0.2, -0.15) is 0 Å². The molecule has 0 aliphatic rings. The van der Waals surface area contributed by atoms with Crippen LogP contribution >= 0.6 is 0 Å². The van der Waals surface area contributed by atoms with Crippen LogP contribution in [0.3, 0.4) is 0 Å². The molecule has 0 radical (unpaired) electrons. The molecule has 0 spiro atoms. The number of pyridine rings is 1. The van der Waals surface area contributed by atoms with Crippen molar-refractivity contribution in [1.29, 1.82) is 0 Å². The number of sulfonamides is 1. The van der Waals surface area contributed by atoms with Crippen LogP contribution in [0.2, 0.25) is 0 Å². The van der Waals surface area contributed by atoms with Crippen LogP contribution in [0.15, 0.2) is 47.3 Å². The largest absolute Gasteiger partial charge is 0.496 e. The minimum atomic E-state index is -3.40. The summed E-state index contributed by atoms with van der Waals surface area (Å²) in [6.07, 6.45) is 4.99. The number of nitrogens with one attached hydrogen (secondary N) is 2. The van der Waals surface area contributed by atoms with Crippen LogP contribution < -0.4 is 15.0 Å². The van der Waals surface area contributed by atoms with Crippen LogP contribution in [-0.2, 0) is 26.8 Å². The third-order valence-electron chi connectivity index (χ3n) is 5.68. The summed E-state index contributed by atoms with van der Waals surface area (Å²) in [5.41, 5.74) is 5.76. The van der Waals surface area contributed by atoms with E-state index >= 15 is 0 Å². The van der Waals surface area contributed by atoms with Crippen molar-refractivity contribution in [2.45, 2.75) is 39.7 Å². The molecule has 0 saturated heterocycles. The Morgan fingerprint density at radius 3 is 2.28 bits per heavy atom. The van der Waals surface area contributed by atoms with E-state index in [0.29, 0.717) is 17.9 Å². The van der Waals surface area contributed by atoms with E-state index in [1.54, 1.807) is 26.4 Å². The van der Waals surface area contributed by atoms with Crippen molar-refractivity contribution in [2.75, 3.05) is 25.2 Å². The summed E-state index contributed by atoms with van der Waals surface area (Å²) in [6, 6.07) is 13.0. The highest BCUT2D eigenvalue weighted by atomic mass is 32.2. The second-order valence-electron chi connectivity index (χ2n) is 9.83. The molecule has 0 aliphatic heterocycles. The van der Waals surface area contributed by atoms with Crippen LogP contribution in [0.25, 0.3) is 23.3 Å². The van der Waals surface area contributed by atoms with Crippen LogP contribution in [-0.4, -0.2) is 33.9 Å². The summed E-state index contributed by atoms with van der Waals surface area (Å²) in [4.78, 5) is 15.6. The molecule has 0 saturated carbocycles. The van der Waals surface area contributed by atoms with Crippen molar-refractivity contribution < 1.29 is 17.9 Å². The summed E-state index contributed by atoms with van der Waals surface area (Å²) in [5.74, 6) is 0.731. The number of methoxy groups -OCH3 is 2. The van der Waals surface area contributed by atoms with Crippen LogP contribution in [0.5, 0.6) is 5.75 Å². The van der Waals surface area contributed by atoms with E-state index in [0.717, 1.165) is 45.5 Å². The monoisotopic (exact) mass is 510 g/mol. The van der Waals surface area contributed by atoms with Gasteiger partial charge in [-0.15, -0.1) is 0 Å². The Hall–Kier alpha value is -3.36. The maximum absolute atomic E-state index is 12.7. The molecule has 7 nitrogen and oxygen atoms in total. The third-order valence-corrected chi connectivity index (χ3v) is 6.29. The van der Waals surface area contributed by atoms with E-state index in [1.165, 1.54) is 0 Å². The number of ether oxygens (including phenoxy) is 2. The third kappa shape index (κ3) is 6.65. The molecule has 0 bridgehead atoms. The highest BCUT2D eigenvalue weighted by molar-refractivity contribution is 7.92. The fraction of sp³-hybridized carbons (Fsp3) is 0.321. The lowest BCUT2D eigenvalue weighted by Crippen LogP contribution is -2.15. The fourth-order valence-corrected chi connectivity index (χ4v) is 4.58. The highest BCUT2D eigenvalue weighted by Crippen LogP contribution is 2.38. The van der Waals surface area contributed by atoms with E-state index < -0.39 is 10.0 Å². The van der Waals surface area contributed by atoms with Gasteiger partial charge in [-0.3, -0.25) is 9.52 Å². The lowest BCUT2D eigenvalue weighted by molar-refractivity contribution is 0.185. The Bertz CT molecular complexity index is 1450. The van der Waals surface area contributed by atoms with Gasteiger partial charge in [0.2, 0.25) is 10.0 Å². The second kappa shape index (κ2) is 10.7. The van der Waals surface area contributed by atoms with Crippen molar-refractivity contribution in [2.24, 2.45) is 0 Å². The van der Waals surface area contributed by atoms with Crippen LogP contribution in [0.1, 0.15) is 48.7 Å². The molecule has 0 amide bonds. The molecule has 2 aromatic carbocycles. The quantitative estimate of drug-likeness (QED) is 0.399. The molecule has 192 valence electrons. The van der Waals surface area contributed by atoms with Gasteiger partial charge in [-0.1, -0.05) is 39.0 Å². The molecule has 0 unspecified atom stereocenters. The van der Waals surface area contributed by atoms with Gasteiger partial charge in [-0.25, -0.2) is 8.42 Å². The second-order valence-corrected chi connectivity index (χ2v) is 11.6. The number of anilines is 1. The summed E-state index contributed by atoms with van der Waals surface area (Å²) >= 11 is 0. The molecule has 0 aliphatic carbocycles. The van der Waals surface area contributed by atoms with Gasteiger partial charge in [0.25, 0.3) is 5.56 Å². The van der Waals surface area contributed by atoms with Crippen molar-refractivity contribution >= 4 is 27.9 Å². The Balaban J connectivity index is 2.17. The van der Waals surface area contributed by atoms with Gasteiger partial charge in [-0.05, 0) is 65.4 Å². The average Bonchev–Trinajstić information content (AvgIpc) is 2.76. The predicted octanol–water partition coefficient (Wildman–Crippen LogP) is 5.34. The molecule has 0 fully saturated rings. The van der Waals surface area contributed by atoms with E-state index in [1.807, 2.05) is 49.4 Å². The zero-order valence-corrected chi connectivity index (χ0v) is 22.7. The number of aromatic nitrogens is 1. The average molecular weight is 511 g/mol. The zero-order chi connectivity index (χ0) is 26.7. The summed E-state index contributed by atoms with van der Waals surface area (Å²) in [6.45, 7) is 8.47. The molecule has 3 rings (SSSR count). The lowest BCUT2D eigenvalue weighted by Gasteiger charge is -2.24. The maximum atomic E-state index is 12.7. The lowest BCUT2D eigenvalue weighted by atomic mass is 9.83. The Kier molecular flexibility index (Phi) is 8.11. The number of aryl methyl sites for hydroxylation is 1. The minimum absolute atomic E-state index is 0.147. The fourth-order valence-electron chi connectivity index (χ4n) is 4.02. The van der Waals surface area contributed by atoms with Gasteiger partial charge in [0.15, 0.2) is 0 Å². The molecule has 3 aromatic rings. The van der Waals surface area contributed by atoms with Crippen LogP contribution in [0, 0.1) is 6.92 Å². The first kappa shape index (κ1) is 27.2. The van der Waals surface area contributed by atoms with Crippen LogP contribution in [0.4, 0.5) is 5.69 Å². The number of hydrogen-bond acceptors (Lipinski definition) is 5. The smallest absolute Gasteiger partial charge is 0.256 e. The molecule has 1 aromatic heterocycles. The first-order valence-electron chi connectivity index (χ1n) is 11.5. The first-order valence-corrected chi connectivity index (χ1v) is 13.4. The molecule has 8 heteroatoms. The van der Waals surface area contributed by atoms with E-state index in [-0.39, 0.29) is 11.0 Å². The standard InChI is InChI=1S/C28H34N2O5S/c1-18-8-13-24(27(31)29-18)21-14-20(26(35-6)25(16-21)28(2,3)4)10-9-19-11-12-23(30-36(7,32)33)15-22(19)17-34-5/h8-16,30H,17H2,1-7H3,(H,29,31). The van der Waals surface area contributed by atoms with Gasteiger partial charge < -0.3 is 14.5 Å². The Morgan fingerprint density at radius 1 is 1.00 bits per heavy atom. The molecule has 1 heterocycles. The van der Waals surface area contributed by atoms with E-state index in [2.05, 4.69) is 30.5 Å². The summed E-state index contributed by atoms with van der Waals surface area (Å²) < 4.78 is 37.0. The summed E-state index contributed by atoms with van der Waals surface area (Å²) in [5, 5.41) is 0. The zero-order valence-electron chi connectivity index (χ0n) is 21.9. The summed E-state index contributed by atoms with van der Waals surface area (Å²) in [7, 11) is -0.166. The molecule has 36 heavy (non-hydrogen) atoms. The van der Waals surface area contributed by atoms with Crippen molar-refractivity contribution in [3.63, 3.8) is 0 Å². The van der Waals surface area contributed by atoms with Crippen molar-refractivity contribution in [3.05, 3.63) is 80.8 Å². The Morgan fingerprint density at radius 2 is 1.69 bits per heavy atom. The molecular formula is C28H34N2O5S. The first-order chi connectivity index (χ1) is 16.8. The van der Waals surface area contributed by atoms with Crippen molar-refractivity contribution in [1.82, 2.24) is 4.98 Å². The Labute approximate surface area is 213 Å². The van der Waals surface area contributed by atoms with Gasteiger partial charge in [0, 0.05) is 35.2 Å². The number of benzene rings is 2. The predicted molar refractivity (Wildman–Crippen MR) is 147 cm³/mol. The van der Waals surface area contributed by atoms with E-state index in [9.17, 15) is 13.2 Å². The number of hydrogen-bond donors (Lipinski definition) is 2.